The number of esters is 1. The third-order valence-electron chi connectivity index (χ3n) is 4.14. The highest BCUT2D eigenvalue weighted by Crippen LogP contribution is 2.28. The van der Waals surface area contributed by atoms with Gasteiger partial charge >= 0.3 is 11.9 Å². The van der Waals surface area contributed by atoms with Gasteiger partial charge in [-0.1, -0.05) is 59.3 Å². The average Bonchev–Trinajstić information content (AvgIpc) is 2.36. The molecule has 0 aliphatic heterocycles. The molecule has 0 bridgehead atoms. The van der Waals surface area contributed by atoms with Crippen molar-refractivity contribution in [3.8, 4) is 0 Å². The monoisotopic (exact) mass is 300 g/mol. The SMILES string of the molecule is CCCCCCCCCC(C)(OC(=O)CC(=O)O)C(C)C. The lowest BCUT2D eigenvalue weighted by atomic mass is 9.86. The minimum Gasteiger partial charge on any atom is -0.481 e. The Bertz CT molecular complexity index is 312. The summed E-state index contributed by atoms with van der Waals surface area (Å²) in [5, 5.41) is 8.64. The standard InChI is InChI=1S/C17H32O4/c1-5-6-7-8-9-10-11-12-17(4,14(2)3)21-16(20)13-15(18)19/h14H,5-13H2,1-4H3,(H,18,19). The van der Waals surface area contributed by atoms with Gasteiger partial charge in [-0.25, -0.2) is 0 Å². The van der Waals surface area contributed by atoms with Crippen LogP contribution in [0.5, 0.6) is 0 Å². The van der Waals surface area contributed by atoms with Gasteiger partial charge in [0.1, 0.15) is 12.0 Å². The highest BCUT2D eigenvalue weighted by atomic mass is 16.6. The van der Waals surface area contributed by atoms with Gasteiger partial charge in [0.15, 0.2) is 0 Å². The molecule has 1 unspecified atom stereocenters. The molecule has 4 nitrogen and oxygen atoms in total. The van der Waals surface area contributed by atoms with Gasteiger partial charge < -0.3 is 9.84 Å². The summed E-state index contributed by atoms with van der Waals surface area (Å²) in [5.74, 6) is -1.60. The van der Waals surface area contributed by atoms with E-state index < -0.39 is 24.0 Å². The van der Waals surface area contributed by atoms with Crippen LogP contribution in [-0.4, -0.2) is 22.6 Å². The lowest BCUT2D eigenvalue weighted by Crippen LogP contribution is -2.37. The number of carboxylic acid groups (broad SMARTS) is 1. The molecule has 0 fully saturated rings. The number of carbonyl (C=O) groups is 2. The van der Waals surface area contributed by atoms with Gasteiger partial charge in [0, 0.05) is 0 Å². The van der Waals surface area contributed by atoms with Gasteiger partial charge in [-0.3, -0.25) is 9.59 Å². The van der Waals surface area contributed by atoms with E-state index in [2.05, 4.69) is 6.92 Å². The molecular formula is C17H32O4. The van der Waals surface area contributed by atoms with Crippen LogP contribution >= 0.6 is 0 Å². The zero-order valence-corrected chi connectivity index (χ0v) is 14.1. The predicted octanol–water partition coefficient (Wildman–Crippen LogP) is 4.56. The Morgan fingerprint density at radius 1 is 1.05 bits per heavy atom. The zero-order valence-electron chi connectivity index (χ0n) is 14.1. The molecule has 0 saturated carbocycles. The number of hydrogen-bond acceptors (Lipinski definition) is 3. The summed E-state index contributed by atoms with van der Waals surface area (Å²) < 4.78 is 5.44. The van der Waals surface area contributed by atoms with Crippen LogP contribution in [0.2, 0.25) is 0 Å². The van der Waals surface area contributed by atoms with E-state index in [0.29, 0.717) is 0 Å². The second-order valence-electron chi connectivity index (χ2n) is 6.38. The molecule has 0 heterocycles. The van der Waals surface area contributed by atoms with Crippen LogP contribution in [0.15, 0.2) is 0 Å². The van der Waals surface area contributed by atoms with Crippen LogP contribution in [0.4, 0.5) is 0 Å². The first kappa shape index (κ1) is 19.9. The van der Waals surface area contributed by atoms with Gasteiger partial charge in [0.2, 0.25) is 0 Å². The molecule has 124 valence electrons. The molecule has 4 heteroatoms. The van der Waals surface area contributed by atoms with Crippen molar-refractivity contribution in [3.05, 3.63) is 0 Å². The first-order chi connectivity index (χ1) is 9.81. The fourth-order valence-electron chi connectivity index (χ4n) is 2.31. The maximum Gasteiger partial charge on any atom is 0.317 e. The summed E-state index contributed by atoms with van der Waals surface area (Å²) >= 11 is 0. The van der Waals surface area contributed by atoms with E-state index in [-0.39, 0.29) is 5.92 Å². The Morgan fingerprint density at radius 2 is 1.57 bits per heavy atom. The maximum absolute atomic E-state index is 11.6. The van der Waals surface area contributed by atoms with E-state index in [1.807, 2.05) is 20.8 Å². The molecule has 1 N–H and O–H groups in total. The molecule has 0 saturated heterocycles. The molecule has 0 spiro atoms. The highest BCUT2D eigenvalue weighted by molar-refractivity contribution is 5.90. The molecule has 0 aromatic carbocycles. The van der Waals surface area contributed by atoms with Crippen molar-refractivity contribution in [2.45, 2.75) is 91.1 Å². The molecule has 0 rings (SSSR count). The van der Waals surface area contributed by atoms with Crippen LogP contribution in [0.1, 0.15) is 85.5 Å². The van der Waals surface area contributed by atoms with Gasteiger partial charge in [0.05, 0.1) is 0 Å². The molecule has 0 aliphatic carbocycles. The fraction of sp³-hybridized carbons (Fsp3) is 0.882. The Morgan fingerprint density at radius 3 is 2.05 bits per heavy atom. The Balaban J connectivity index is 4.10. The molecule has 0 amide bonds. The summed E-state index contributed by atoms with van der Waals surface area (Å²) in [4.78, 5) is 22.1. The lowest BCUT2D eigenvalue weighted by molar-refractivity contribution is -0.167. The largest absolute Gasteiger partial charge is 0.481 e. The van der Waals surface area contributed by atoms with Gasteiger partial charge in [0.25, 0.3) is 0 Å². The summed E-state index contributed by atoms with van der Waals surface area (Å²) in [7, 11) is 0. The van der Waals surface area contributed by atoms with Crippen LogP contribution in [0.25, 0.3) is 0 Å². The molecule has 0 aromatic heterocycles. The quantitative estimate of drug-likeness (QED) is 0.326. The van der Waals surface area contributed by atoms with E-state index in [4.69, 9.17) is 9.84 Å². The van der Waals surface area contributed by atoms with E-state index in [0.717, 1.165) is 19.3 Å². The van der Waals surface area contributed by atoms with E-state index in [1.54, 1.807) is 0 Å². The Hall–Kier alpha value is -1.06. The van der Waals surface area contributed by atoms with Crippen molar-refractivity contribution in [2.24, 2.45) is 5.92 Å². The molecule has 0 radical (unpaired) electrons. The highest BCUT2D eigenvalue weighted by Gasteiger charge is 2.32. The van der Waals surface area contributed by atoms with Crippen LogP contribution in [0.3, 0.4) is 0 Å². The molecule has 0 aliphatic rings. The summed E-state index contributed by atoms with van der Waals surface area (Å²) in [6.45, 7) is 8.14. The number of carbonyl (C=O) groups excluding carboxylic acids is 1. The van der Waals surface area contributed by atoms with Crippen molar-refractivity contribution in [3.63, 3.8) is 0 Å². The zero-order chi connectivity index (χ0) is 16.3. The Kier molecular flexibility index (Phi) is 10.1. The number of hydrogen-bond donors (Lipinski definition) is 1. The van der Waals surface area contributed by atoms with Crippen LogP contribution < -0.4 is 0 Å². The van der Waals surface area contributed by atoms with E-state index in [9.17, 15) is 9.59 Å². The van der Waals surface area contributed by atoms with Crippen molar-refractivity contribution in [1.29, 1.82) is 0 Å². The summed E-state index contributed by atoms with van der Waals surface area (Å²) in [5.41, 5.74) is -0.560. The minimum atomic E-state index is -1.14. The Labute approximate surface area is 129 Å². The average molecular weight is 300 g/mol. The van der Waals surface area contributed by atoms with Crippen molar-refractivity contribution in [1.82, 2.24) is 0 Å². The third kappa shape index (κ3) is 9.48. The first-order valence-electron chi connectivity index (χ1n) is 8.25. The number of ether oxygens (including phenoxy) is 1. The van der Waals surface area contributed by atoms with E-state index in [1.165, 1.54) is 32.1 Å². The third-order valence-corrected chi connectivity index (χ3v) is 4.14. The molecule has 1 atom stereocenters. The second-order valence-corrected chi connectivity index (χ2v) is 6.38. The number of carboxylic acids is 1. The topological polar surface area (TPSA) is 63.6 Å². The number of rotatable bonds is 12. The van der Waals surface area contributed by atoms with Crippen molar-refractivity contribution in [2.75, 3.05) is 0 Å². The van der Waals surface area contributed by atoms with Crippen molar-refractivity contribution < 1.29 is 19.4 Å². The lowest BCUT2D eigenvalue weighted by Gasteiger charge is -2.33. The molecule has 21 heavy (non-hydrogen) atoms. The van der Waals surface area contributed by atoms with E-state index >= 15 is 0 Å². The molecular weight excluding hydrogens is 268 g/mol. The van der Waals surface area contributed by atoms with Gasteiger partial charge in [-0.15, -0.1) is 0 Å². The number of aliphatic carboxylic acids is 1. The maximum atomic E-state index is 11.6. The smallest absolute Gasteiger partial charge is 0.317 e. The first-order valence-corrected chi connectivity index (χ1v) is 8.25. The van der Waals surface area contributed by atoms with Crippen LogP contribution in [-0.2, 0) is 14.3 Å². The predicted molar refractivity (Wildman–Crippen MR) is 84.2 cm³/mol. The summed E-state index contributed by atoms with van der Waals surface area (Å²) in [6.07, 6.45) is 8.74. The number of unbranched alkanes of at least 4 members (excludes halogenated alkanes) is 6. The van der Waals surface area contributed by atoms with Crippen LogP contribution in [0, 0.1) is 5.92 Å². The normalized spacial score (nSPS) is 14.0. The minimum absolute atomic E-state index is 0.176. The van der Waals surface area contributed by atoms with Gasteiger partial charge in [-0.05, 0) is 25.7 Å². The fourth-order valence-corrected chi connectivity index (χ4v) is 2.31. The van der Waals surface area contributed by atoms with Gasteiger partial charge in [-0.2, -0.15) is 0 Å². The van der Waals surface area contributed by atoms with Crippen molar-refractivity contribution >= 4 is 11.9 Å². The molecule has 0 aromatic rings. The summed E-state index contributed by atoms with van der Waals surface area (Å²) in [6, 6.07) is 0. The second kappa shape index (κ2) is 10.6.